The van der Waals surface area contributed by atoms with E-state index in [9.17, 15) is 4.21 Å². The fourth-order valence-electron chi connectivity index (χ4n) is 2.47. The highest BCUT2D eigenvalue weighted by atomic mass is 32.2. The van der Waals surface area contributed by atoms with E-state index in [1.54, 1.807) is 0 Å². The molecule has 0 aliphatic heterocycles. The molecule has 0 aromatic heterocycles. The van der Waals surface area contributed by atoms with Crippen LogP contribution in [0.15, 0.2) is 0 Å². The van der Waals surface area contributed by atoms with Crippen molar-refractivity contribution < 1.29 is 8.76 Å². The van der Waals surface area contributed by atoms with Crippen molar-refractivity contribution in [3.8, 4) is 0 Å². The molecule has 0 heterocycles. The summed E-state index contributed by atoms with van der Waals surface area (Å²) < 4.78 is 20.0. The lowest BCUT2D eigenvalue weighted by atomic mass is 9.70. The maximum absolute atomic E-state index is 11.0. The molecule has 0 amide bonds. The summed E-state index contributed by atoms with van der Waals surface area (Å²) in [4.78, 5) is 0. The second kappa shape index (κ2) is 2.56. The molecule has 0 spiro atoms. The largest absolute Gasteiger partial charge is 0.306 e. The lowest BCUT2D eigenvalue weighted by Crippen LogP contribution is -2.43. The fourth-order valence-corrected chi connectivity index (χ4v) is 3.35. The Balaban J connectivity index is 2.18. The molecular weight excluding hydrogens is 160 g/mol. The Morgan fingerprint density at radius 3 is 1.91 bits per heavy atom. The maximum Gasteiger partial charge on any atom is 0.159 e. The van der Waals surface area contributed by atoms with Crippen molar-refractivity contribution in [1.29, 1.82) is 0 Å². The zero-order chi connectivity index (χ0) is 7.90. The normalized spacial score (nSPS) is 45.7. The molecule has 0 aromatic rings. The quantitative estimate of drug-likeness (QED) is 0.617. The van der Waals surface area contributed by atoms with Crippen molar-refractivity contribution >= 4 is 11.1 Å². The van der Waals surface area contributed by atoms with Crippen molar-refractivity contribution in [2.24, 2.45) is 5.92 Å². The average Bonchev–Trinajstić information content (AvgIpc) is 2.08. The predicted octanol–water partition coefficient (Wildman–Crippen LogP) is 1.93. The van der Waals surface area contributed by atoms with E-state index in [4.69, 9.17) is 4.55 Å². The Morgan fingerprint density at radius 2 is 1.64 bits per heavy atom. The van der Waals surface area contributed by atoms with Crippen LogP contribution in [0.5, 0.6) is 0 Å². The maximum atomic E-state index is 11.0. The van der Waals surface area contributed by atoms with Gasteiger partial charge in [0.25, 0.3) is 0 Å². The van der Waals surface area contributed by atoms with Crippen molar-refractivity contribution in [2.45, 2.75) is 43.3 Å². The zero-order valence-corrected chi connectivity index (χ0v) is 7.40. The molecule has 2 nitrogen and oxygen atoms in total. The Hall–Kier alpha value is 0.110. The van der Waals surface area contributed by atoms with Crippen molar-refractivity contribution in [3.05, 3.63) is 0 Å². The Kier molecular flexibility index (Phi) is 1.80. The second-order valence-electron chi connectivity index (χ2n) is 3.91. The number of rotatable bonds is 1. The molecule has 3 aliphatic rings. The molecule has 3 saturated carbocycles. The summed E-state index contributed by atoms with van der Waals surface area (Å²) in [5.41, 5.74) is 0. The summed E-state index contributed by atoms with van der Waals surface area (Å²) in [6, 6.07) is 0. The second-order valence-corrected chi connectivity index (χ2v) is 5.28. The molecule has 1 atom stereocenters. The Labute approximate surface area is 69.7 Å². The lowest BCUT2D eigenvalue weighted by molar-refractivity contribution is 0.192. The predicted molar refractivity (Wildman–Crippen MR) is 44.7 cm³/mol. The van der Waals surface area contributed by atoms with Crippen LogP contribution < -0.4 is 0 Å². The van der Waals surface area contributed by atoms with Crippen LogP contribution in [0.3, 0.4) is 0 Å². The van der Waals surface area contributed by atoms with E-state index in [2.05, 4.69) is 0 Å². The summed E-state index contributed by atoms with van der Waals surface area (Å²) >= 11 is -1.57. The molecule has 11 heavy (non-hydrogen) atoms. The van der Waals surface area contributed by atoms with Gasteiger partial charge in [0.05, 0.1) is 4.75 Å². The molecule has 0 aromatic carbocycles. The van der Waals surface area contributed by atoms with Gasteiger partial charge < -0.3 is 4.55 Å². The van der Waals surface area contributed by atoms with Gasteiger partial charge in [-0.2, -0.15) is 0 Å². The van der Waals surface area contributed by atoms with E-state index in [1.807, 2.05) is 0 Å². The van der Waals surface area contributed by atoms with Crippen LogP contribution in [0.4, 0.5) is 0 Å². The standard InChI is InChI=1S/C8H14O2S/c9-11(10)8-4-1-7(2-5-8)3-6-8/h7H,1-6H2,(H,9,10). The molecule has 3 aliphatic carbocycles. The van der Waals surface area contributed by atoms with Gasteiger partial charge in [0, 0.05) is 0 Å². The van der Waals surface area contributed by atoms with Crippen LogP contribution in [-0.2, 0) is 11.1 Å². The summed E-state index contributed by atoms with van der Waals surface area (Å²) in [5, 5.41) is 0. The third kappa shape index (κ3) is 1.14. The van der Waals surface area contributed by atoms with E-state index < -0.39 is 11.1 Å². The number of hydrogen-bond donors (Lipinski definition) is 1. The van der Waals surface area contributed by atoms with E-state index in [0.29, 0.717) is 0 Å². The minimum Gasteiger partial charge on any atom is -0.306 e. The SMILES string of the molecule is O=S(O)C12CCC(CC1)CC2. The lowest BCUT2D eigenvalue weighted by Gasteiger charge is -2.43. The van der Waals surface area contributed by atoms with Gasteiger partial charge in [-0.25, -0.2) is 4.21 Å². The zero-order valence-electron chi connectivity index (χ0n) is 6.58. The molecule has 3 rings (SSSR count). The van der Waals surface area contributed by atoms with E-state index >= 15 is 0 Å². The highest BCUT2D eigenvalue weighted by Crippen LogP contribution is 2.46. The van der Waals surface area contributed by atoms with Crippen LogP contribution in [0.25, 0.3) is 0 Å². The molecule has 3 fully saturated rings. The van der Waals surface area contributed by atoms with Gasteiger partial charge in [-0.1, -0.05) is 0 Å². The van der Waals surface area contributed by atoms with E-state index in [-0.39, 0.29) is 4.75 Å². The topological polar surface area (TPSA) is 37.3 Å². The minimum atomic E-state index is -1.57. The first-order valence-corrected chi connectivity index (χ1v) is 5.45. The summed E-state index contributed by atoms with van der Waals surface area (Å²) in [6.07, 6.45) is 6.52. The monoisotopic (exact) mass is 174 g/mol. The summed E-state index contributed by atoms with van der Waals surface area (Å²) in [5.74, 6) is 0.875. The molecular formula is C8H14O2S. The molecule has 0 saturated heterocycles. The van der Waals surface area contributed by atoms with Crippen LogP contribution in [0.1, 0.15) is 38.5 Å². The van der Waals surface area contributed by atoms with E-state index in [1.165, 1.54) is 19.3 Å². The molecule has 1 N–H and O–H groups in total. The molecule has 64 valence electrons. The first kappa shape index (κ1) is 7.74. The van der Waals surface area contributed by atoms with Crippen molar-refractivity contribution in [3.63, 3.8) is 0 Å². The van der Waals surface area contributed by atoms with E-state index in [0.717, 1.165) is 25.2 Å². The Bertz CT molecular complexity index is 169. The average molecular weight is 174 g/mol. The van der Waals surface area contributed by atoms with Crippen LogP contribution in [-0.4, -0.2) is 13.5 Å². The number of hydrogen-bond acceptors (Lipinski definition) is 1. The van der Waals surface area contributed by atoms with Gasteiger partial charge >= 0.3 is 0 Å². The first-order valence-electron chi connectivity index (χ1n) is 4.34. The summed E-state index contributed by atoms with van der Waals surface area (Å²) in [7, 11) is 0. The first-order chi connectivity index (χ1) is 5.23. The third-order valence-electron chi connectivity index (χ3n) is 3.40. The molecule has 1 unspecified atom stereocenters. The highest BCUT2D eigenvalue weighted by Gasteiger charge is 2.44. The minimum absolute atomic E-state index is 0.186. The van der Waals surface area contributed by atoms with Gasteiger partial charge in [0.2, 0.25) is 0 Å². The van der Waals surface area contributed by atoms with Gasteiger partial charge in [0.1, 0.15) is 0 Å². The van der Waals surface area contributed by atoms with Crippen LogP contribution in [0, 0.1) is 5.92 Å². The van der Waals surface area contributed by atoms with Gasteiger partial charge in [0.15, 0.2) is 11.1 Å². The Morgan fingerprint density at radius 1 is 1.18 bits per heavy atom. The van der Waals surface area contributed by atoms with Gasteiger partial charge in [-0.3, -0.25) is 0 Å². The van der Waals surface area contributed by atoms with Crippen molar-refractivity contribution in [1.82, 2.24) is 0 Å². The molecule has 3 heteroatoms. The van der Waals surface area contributed by atoms with Crippen molar-refractivity contribution in [2.75, 3.05) is 0 Å². The van der Waals surface area contributed by atoms with Gasteiger partial charge in [-0.05, 0) is 44.4 Å². The highest BCUT2D eigenvalue weighted by molar-refractivity contribution is 7.80. The molecule has 2 bridgehead atoms. The van der Waals surface area contributed by atoms with Gasteiger partial charge in [-0.15, -0.1) is 0 Å². The smallest absolute Gasteiger partial charge is 0.159 e. The molecule has 0 radical (unpaired) electrons. The van der Waals surface area contributed by atoms with Crippen LogP contribution in [0.2, 0.25) is 0 Å². The summed E-state index contributed by atoms with van der Waals surface area (Å²) in [6.45, 7) is 0. The number of fused-ring (bicyclic) bond motifs is 3. The third-order valence-corrected chi connectivity index (χ3v) is 4.75. The van der Waals surface area contributed by atoms with Crippen LogP contribution >= 0.6 is 0 Å². The fraction of sp³-hybridized carbons (Fsp3) is 1.00.